The molecule has 0 unspecified atom stereocenters. The zero-order valence-electron chi connectivity index (χ0n) is 10.4. The standard InChI is InChI=1S/C13H18O4/c1-4-9(13(14)15)8-10-6-5-7-11(16-2)12(10)17-3/h5-7,9H,4,8H2,1-3H3,(H,14,15)/t9-/m1/s1. The van der Waals surface area contributed by atoms with Crippen LogP contribution in [0.4, 0.5) is 0 Å². The van der Waals surface area contributed by atoms with Crippen LogP contribution in [0, 0.1) is 5.92 Å². The van der Waals surface area contributed by atoms with Gasteiger partial charge in [0.25, 0.3) is 0 Å². The molecule has 0 aliphatic rings. The van der Waals surface area contributed by atoms with Crippen molar-refractivity contribution in [1.82, 2.24) is 0 Å². The van der Waals surface area contributed by atoms with Crippen molar-refractivity contribution in [3.05, 3.63) is 23.8 Å². The van der Waals surface area contributed by atoms with Gasteiger partial charge in [0.15, 0.2) is 11.5 Å². The zero-order chi connectivity index (χ0) is 12.8. The molecule has 4 nitrogen and oxygen atoms in total. The highest BCUT2D eigenvalue weighted by Crippen LogP contribution is 2.32. The lowest BCUT2D eigenvalue weighted by Crippen LogP contribution is -2.15. The molecule has 0 aliphatic heterocycles. The lowest BCUT2D eigenvalue weighted by molar-refractivity contribution is -0.141. The van der Waals surface area contributed by atoms with Crippen LogP contribution in [0.15, 0.2) is 18.2 Å². The van der Waals surface area contributed by atoms with Crippen LogP contribution in [-0.2, 0) is 11.2 Å². The molecule has 0 amide bonds. The molecule has 17 heavy (non-hydrogen) atoms. The number of methoxy groups -OCH3 is 2. The first-order valence-electron chi connectivity index (χ1n) is 5.56. The van der Waals surface area contributed by atoms with Gasteiger partial charge in [-0.05, 0) is 24.5 Å². The Labute approximate surface area is 101 Å². The summed E-state index contributed by atoms with van der Waals surface area (Å²) in [6.45, 7) is 1.87. The van der Waals surface area contributed by atoms with Gasteiger partial charge in [-0.1, -0.05) is 19.1 Å². The second kappa shape index (κ2) is 6.13. The van der Waals surface area contributed by atoms with Gasteiger partial charge >= 0.3 is 5.97 Å². The Morgan fingerprint density at radius 3 is 2.53 bits per heavy atom. The van der Waals surface area contributed by atoms with Crippen molar-refractivity contribution in [2.24, 2.45) is 5.92 Å². The summed E-state index contributed by atoms with van der Waals surface area (Å²) < 4.78 is 10.5. The fourth-order valence-electron chi connectivity index (χ4n) is 1.79. The van der Waals surface area contributed by atoms with E-state index in [9.17, 15) is 4.79 Å². The molecule has 0 fully saturated rings. The highest BCUT2D eigenvalue weighted by Gasteiger charge is 2.19. The summed E-state index contributed by atoms with van der Waals surface area (Å²) in [6.07, 6.45) is 1.04. The Bertz CT molecular complexity index is 387. The van der Waals surface area contributed by atoms with E-state index in [2.05, 4.69) is 0 Å². The van der Waals surface area contributed by atoms with E-state index in [1.807, 2.05) is 19.1 Å². The van der Waals surface area contributed by atoms with Crippen molar-refractivity contribution in [1.29, 1.82) is 0 Å². The van der Waals surface area contributed by atoms with Gasteiger partial charge in [-0.3, -0.25) is 4.79 Å². The second-order valence-electron chi connectivity index (χ2n) is 3.80. The lowest BCUT2D eigenvalue weighted by atomic mass is 9.96. The summed E-state index contributed by atoms with van der Waals surface area (Å²) >= 11 is 0. The molecule has 0 saturated heterocycles. The van der Waals surface area contributed by atoms with E-state index < -0.39 is 11.9 Å². The van der Waals surface area contributed by atoms with Crippen molar-refractivity contribution in [2.45, 2.75) is 19.8 Å². The third-order valence-electron chi connectivity index (χ3n) is 2.79. The number of hydrogen-bond donors (Lipinski definition) is 1. The monoisotopic (exact) mass is 238 g/mol. The van der Waals surface area contributed by atoms with Crippen LogP contribution in [0.25, 0.3) is 0 Å². The Morgan fingerprint density at radius 2 is 2.06 bits per heavy atom. The highest BCUT2D eigenvalue weighted by molar-refractivity contribution is 5.70. The molecule has 1 N–H and O–H groups in total. The smallest absolute Gasteiger partial charge is 0.306 e. The summed E-state index contributed by atoms with van der Waals surface area (Å²) in [5, 5.41) is 9.05. The van der Waals surface area contributed by atoms with Crippen molar-refractivity contribution in [3.8, 4) is 11.5 Å². The van der Waals surface area contributed by atoms with E-state index in [1.165, 1.54) is 0 Å². The van der Waals surface area contributed by atoms with Crippen molar-refractivity contribution >= 4 is 5.97 Å². The van der Waals surface area contributed by atoms with Gasteiger partial charge in [0.05, 0.1) is 20.1 Å². The summed E-state index contributed by atoms with van der Waals surface area (Å²) in [5.74, 6) is 0.0771. The van der Waals surface area contributed by atoms with Crippen LogP contribution in [-0.4, -0.2) is 25.3 Å². The number of ether oxygens (including phenoxy) is 2. The van der Waals surface area contributed by atoms with Gasteiger partial charge in [0.2, 0.25) is 0 Å². The van der Waals surface area contributed by atoms with Crippen LogP contribution in [0.2, 0.25) is 0 Å². The fraction of sp³-hybridized carbons (Fsp3) is 0.462. The molecule has 94 valence electrons. The zero-order valence-corrected chi connectivity index (χ0v) is 10.4. The largest absolute Gasteiger partial charge is 0.493 e. The van der Waals surface area contributed by atoms with E-state index >= 15 is 0 Å². The van der Waals surface area contributed by atoms with E-state index in [0.717, 1.165) is 5.56 Å². The molecular formula is C13H18O4. The number of rotatable bonds is 6. The van der Waals surface area contributed by atoms with E-state index in [-0.39, 0.29) is 0 Å². The maximum Gasteiger partial charge on any atom is 0.306 e. The predicted octanol–water partition coefficient (Wildman–Crippen LogP) is 2.36. The van der Waals surface area contributed by atoms with Gasteiger partial charge in [-0.25, -0.2) is 0 Å². The topological polar surface area (TPSA) is 55.8 Å². The molecule has 0 aromatic heterocycles. The summed E-state index contributed by atoms with van der Waals surface area (Å²) in [5.41, 5.74) is 0.862. The van der Waals surface area contributed by atoms with Crippen LogP contribution in [0.1, 0.15) is 18.9 Å². The molecule has 0 spiro atoms. The Hall–Kier alpha value is -1.71. The van der Waals surface area contributed by atoms with E-state index in [4.69, 9.17) is 14.6 Å². The van der Waals surface area contributed by atoms with Gasteiger partial charge in [0.1, 0.15) is 0 Å². The number of para-hydroxylation sites is 1. The Morgan fingerprint density at radius 1 is 1.35 bits per heavy atom. The average Bonchev–Trinajstić information content (AvgIpc) is 2.34. The number of carboxylic acid groups (broad SMARTS) is 1. The minimum Gasteiger partial charge on any atom is -0.493 e. The molecule has 1 aromatic carbocycles. The fourth-order valence-corrected chi connectivity index (χ4v) is 1.79. The summed E-state index contributed by atoms with van der Waals surface area (Å²) in [6, 6.07) is 5.50. The highest BCUT2D eigenvalue weighted by atomic mass is 16.5. The molecule has 1 atom stereocenters. The Balaban J connectivity index is 3.01. The van der Waals surface area contributed by atoms with Gasteiger partial charge in [-0.15, -0.1) is 0 Å². The minimum atomic E-state index is -0.780. The normalized spacial score (nSPS) is 11.9. The maximum atomic E-state index is 11.0. The SMILES string of the molecule is CC[C@H](Cc1cccc(OC)c1OC)C(=O)O. The lowest BCUT2D eigenvalue weighted by Gasteiger charge is -2.15. The second-order valence-corrected chi connectivity index (χ2v) is 3.80. The first-order chi connectivity index (χ1) is 8.13. The number of benzene rings is 1. The molecule has 0 radical (unpaired) electrons. The third-order valence-corrected chi connectivity index (χ3v) is 2.79. The number of carboxylic acids is 1. The van der Waals surface area contributed by atoms with Crippen LogP contribution in [0.3, 0.4) is 0 Å². The van der Waals surface area contributed by atoms with Crippen LogP contribution < -0.4 is 9.47 Å². The maximum absolute atomic E-state index is 11.0. The Kier molecular flexibility index (Phi) is 4.82. The number of hydrogen-bond acceptors (Lipinski definition) is 3. The molecule has 0 heterocycles. The molecule has 4 heteroatoms. The van der Waals surface area contributed by atoms with Gasteiger partial charge in [-0.2, -0.15) is 0 Å². The molecule has 0 bridgehead atoms. The van der Waals surface area contributed by atoms with Crippen LogP contribution >= 0.6 is 0 Å². The van der Waals surface area contributed by atoms with Crippen molar-refractivity contribution in [2.75, 3.05) is 14.2 Å². The minimum absolute atomic E-state index is 0.393. The first kappa shape index (κ1) is 13.4. The first-order valence-corrected chi connectivity index (χ1v) is 5.56. The third kappa shape index (κ3) is 3.12. The van der Waals surface area contributed by atoms with Gasteiger partial charge < -0.3 is 14.6 Å². The molecule has 1 rings (SSSR count). The number of carbonyl (C=O) groups is 1. The van der Waals surface area contributed by atoms with E-state index in [1.54, 1.807) is 20.3 Å². The molecule has 0 saturated carbocycles. The van der Waals surface area contributed by atoms with Crippen molar-refractivity contribution in [3.63, 3.8) is 0 Å². The van der Waals surface area contributed by atoms with Gasteiger partial charge in [0, 0.05) is 0 Å². The molecule has 1 aromatic rings. The average molecular weight is 238 g/mol. The summed E-state index contributed by atoms with van der Waals surface area (Å²) in [4.78, 5) is 11.0. The van der Waals surface area contributed by atoms with E-state index in [0.29, 0.717) is 24.3 Å². The molecule has 0 aliphatic carbocycles. The van der Waals surface area contributed by atoms with Crippen molar-refractivity contribution < 1.29 is 19.4 Å². The summed E-state index contributed by atoms with van der Waals surface area (Å²) in [7, 11) is 3.12. The quantitative estimate of drug-likeness (QED) is 0.826. The molecular weight excluding hydrogens is 220 g/mol. The number of aliphatic carboxylic acids is 1. The van der Waals surface area contributed by atoms with Crippen LogP contribution in [0.5, 0.6) is 11.5 Å². The predicted molar refractivity (Wildman–Crippen MR) is 64.7 cm³/mol.